The Morgan fingerprint density at radius 3 is 2.77 bits per heavy atom. The molecule has 1 atom stereocenters. The van der Waals surface area contributed by atoms with Gasteiger partial charge in [-0.15, -0.1) is 0 Å². The van der Waals surface area contributed by atoms with Gasteiger partial charge in [0.15, 0.2) is 0 Å². The average Bonchev–Trinajstić information content (AvgIpc) is 2.94. The third kappa shape index (κ3) is 3.55. The molecule has 2 aromatic carbocycles. The summed E-state index contributed by atoms with van der Waals surface area (Å²) in [5.74, 6) is 0.314. The number of imidazole rings is 1. The minimum atomic E-state index is -1.13. The molecule has 26 heavy (non-hydrogen) atoms. The normalized spacial score (nSPS) is 12.3. The molecule has 0 aliphatic carbocycles. The standard InChI is InChI=1S/C17H16Cl2N4O3/c18-9-4-5-10(11(19)8-9)15(24)16-22-13-3-1-2-12(20)14(13)23(16)7-6-21-17(25)26/h1-5,8,15,21,24H,6-7,20H2,(H,25,26). The van der Waals surface area contributed by atoms with Crippen LogP contribution in [0.15, 0.2) is 36.4 Å². The van der Waals surface area contributed by atoms with E-state index in [0.717, 1.165) is 0 Å². The molecule has 3 aromatic rings. The number of nitrogen functional groups attached to an aromatic ring is 1. The number of carbonyl (C=O) groups is 1. The Morgan fingerprint density at radius 1 is 1.31 bits per heavy atom. The Bertz CT molecular complexity index is 974. The van der Waals surface area contributed by atoms with Gasteiger partial charge in [0.2, 0.25) is 0 Å². The van der Waals surface area contributed by atoms with E-state index in [0.29, 0.717) is 38.2 Å². The first-order chi connectivity index (χ1) is 12.4. The highest BCUT2D eigenvalue weighted by Crippen LogP contribution is 2.33. The smallest absolute Gasteiger partial charge is 0.404 e. The number of aliphatic hydroxyl groups excluding tert-OH is 1. The lowest BCUT2D eigenvalue weighted by atomic mass is 10.1. The maximum Gasteiger partial charge on any atom is 0.404 e. The van der Waals surface area contributed by atoms with E-state index in [1.54, 1.807) is 34.9 Å². The van der Waals surface area contributed by atoms with Crippen LogP contribution in [-0.4, -0.2) is 32.4 Å². The second-order valence-corrected chi connectivity index (χ2v) is 6.48. The van der Waals surface area contributed by atoms with E-state index in [9.17, 15) is 9.90 Å². The zero-order chi connectivity index (χ0) is 18.8. The predicted octanol–water partition coefficient (Wildman–Crippen LogP) is 3.27. The number of nitrogens with zero attached hydrogens (tertiary/aromatic N) is 2. The van der Waals surface area contributed by atoms with Crippen LogP contribution >= 0.6 is 23.2 Å². The molecule has 0 saturated heterocycles. The molecule has 1 amide bonds. The molecule has 3 rings (SSSR count). The number of aromatic nitrogens is 2. The van der Waals surface area contributed by atoms with Crippen molar-refractivity contribution in [1.29, 1.82) is 0 Å². The van der Waals surface area contributed by atoms with Crippen LogP contribution in [0.3, 0.4) is 0 Å². The van der Waals surface area contributed by atoms with Gasteiger partial charge in [0.25, 0.3) is 0 Å². The minimum absolute atomic E-state index is 0.128. The quantitative estimate of drug-likeness (QED) is 0.495. The summed E-state index contributed by atoms with van der Waals surface area (Å²) in [6, 6.07) is 10.0. The molecule has 1 aromatic heterocycles. The van der Waals surface area contributed by atoms with Gasteiger partial charge < -0.3 is 25.8 Å². The monoisotopic (exact) mass is 394 g/mol. The Labute approximate surface area is 159 Å². The number of fused-ring (bicyclic) bond motifs is 1. The van der Waals surface area contributed by atoms with Crippen LogP contribution in [0.4, 0.5) is 10.5 Å². The van der Waals surface area contributed by atoms with Gasteiger partial charge in [0.05, 0.1) is 16.7 Å². The summed E-state index contributed by atoms with van der Waals surface area (Å²) in [6.45, 7) is 0.373. The summed E-state index contributed by atoms with van der Waals surface area (Å²) in [7, 11) is 0. The van der Waals surface area contributed by atoms with Crippen molar-refractivity contribution in [2.24, 2.45) is 0 Å². The van der Waals surface area contributed by atoms with Gasteiger partial charge in [-0.3, -0.25) is 0 Å². The van der Waals surface area contributed by atoms with Crippen molar-refractivity contribution in [1.82, 2.24) is 14.9 Å². The zero-order valence-corrected chi connectivity index (χ0v) is 15.0. The second kappa shape index (κ2) is 7.41. The maximum absolute atomic E-state index is 10.9. The van der Waals surface area contributed by atoms with Gasteiger partial charge in [0, 0.05) is 28.7 Å². The molecular weight excluding hydrogens is 379 g/mol. The molecule has 0 fully saturated rings. The van der Waals surface area contributed by atoms with E-state index >= 15 is 0 Å². The average molecular weight is 395 g/mol. The number of rotatable bonds is 5. The number of carboxylic acid groups (broad SMARTS) is 1. The van der Waals surface area contributed by atoms with Crippen molar-refractivity contribution >= 4 is 46.0 Å². The van der Waals surface area contributed by atoms with Crippen LogP contribution < -0.4 is 11.1 Å². The number of anilines is 1. The highest BCUT2D eigenvalue weighted by Gasteiger charge is 2.23. The molecule has 9 heteroatoms. The number of hydrogen-bond acceptors (Lipinski definition) is 4. The maximum atomic E-state index is 10.9. The molecule has 0 aliphatic rings. The Balaban J connectivity index is 2.08. The Hall–Kier alpha value is -2.48. The number of aliphatic hydroxyl groups is 1. The predicted molar refractivity (Wildman–Crippen MR) is 101 cm³/mol. The number of halogens is 2. The largest absolute Gasteiger partial charge is 0.465 e. The van der Waals surface area contributed by atoms with Crippen molar-refractivity contribution in [3.63, 3.8) is 0 Å². The molecule has 0 radical (unpaired) electrons. The number of amides is 1. The number of para-hydroxylation sites is 1. The molecule has 136 valence electrons. The fourth-order valence-corrected chi connectivity index (χ4v) is 3.32. The Morgan fingerprint density at radius 2 is 2.08 bits per heavy atom. The molecule has 1 unspecified atom stereocenters. The summed E-state index contributed by atoms with van der Waals surface area (Å²) in [5.41, 5.74) is 8.21. The van der Waals surface area contributed by atoms with E-state index in [1.807, 2.05) is 0 Å². The molecule has 5 N–H and O–H groups in total. The molecule has 1 heterocycles. The first-order valence-electron chi connectivity index (χ1n) is 7.73. The summed E-state index contributed by atoms with van der Waals surface area (Å²) >= 11 is 12.1. The second-order valence-electron chi connectivity index (χ2n) is 5.64. The first kappa shape index (κ1) is 18.3. The van der Waals surface area contributed by atoms with Gasteiger partial charge in [-0.1, -0.05) is 35.3 Å². The van der Waals surface area contributed by atoms with E-state index < -0.39 is 12.2 Å². The molecule has 0 saturated carbocycles. The third-order valence-electron chi connectivity index (χ3n) is 3.94. The summed E-state index contributed by atoms with van der Waals surface area (Å²) in [4.78, 5) is 15.2. The van der Waals surface area contributed by atoms with Crippen molar-refractivity contribution in [3.05, 3.63) is 57.8 Å². The van der Waals surface area contributed by atoms with Crippen molar-refractivity contribution in [2.75, 3.05) is 12.3 Å². The molecule has 0 spiro atoms. The van der Waals surface area contributed by atoms with Gasteiger partial charge in [-0.05, 0) is 24.3 Å². The molecular formula is C17H16Cl2N4O3. The van der Waals surface area contributed by atoms with Crippen molar-refractivity contribution in [3.8, 4) is 0 Å². The highest BCUT2D eigenvalue weighted by atomic mass is 35.5. The van der Waals surface area contributed by atoms with Gasteiger partial charge in [0.1, 0.15) is 11.9 Å². The van der Waals surface area contributed by atoms with E-state index in [2.05, 4.69) is 10.3 Å². The lowest BCUT2D eigenvalue weighted by molar-refractivity contribution is 0.193. The van der Waals surface area contributed by atoms with Crippen LogP contribution in [0, 0.1) is 0 Å². The van der Waals surface area contributed by atoms with Crippen molar-refractivity contribution < 1.29 is 15.0 Å². The van der Waals surface area contributed by atoms with Crippen LogP contribution in [0.1, 0.15) is 17.5 Å². The van der Waals surface area contributed by atoms with Gasteiger partial charge >= 0.3 is 6.09 Å². The van der Waals surface area contributed by atoms with Gasteiger partial charge in [-0.2, -0.15) is 0 Å². The fraction of sp³-hybridized carbons (Fsp3) is 0.176. The first-order valence-corrected chi connectivity index (χ1v) is 8.48. The van der Waals surface area contributed by atoms with Gasteiger partial charge in [-0.25, -0.2) is 9.78 Å². The topological polar surface area (TPSA) is 113 Å². The summed E-state index contributed by atoms with van der Waals surface area (Å²) in [5, 5.41) is 22.7. The number of nitrogens with two attached hydrogens (primary N) is 1. The molecule has 0 bridgehead atoms. The lowest BCUT2D eigenvalue weighted by Gasteiger charge is -2.16. The molecule has 7 nitrogen and oxygen atoms in total. The number of nitrogens with one attached hydrogen (secondary N) is 1. The zero-order valence-electron chi connectivity index (χ0n) is 13.5. The molecule has 0 aliphatic heterocycles. The van der Waals surface area contributed by atoms with Crippen LogP contribution in [0.2, 0.25) is 10.0 Å². The summed E-state index contributed by atoms with van der Waals surface area (Å²) < 4.78 is 1.69. The number of hydrogen-bond donors (Lipinski definition) is 4. The summed E-state index contributed by atoms with van der Waals surface area (Å²) in [6.07, 6.45) is -2.26. The van der Waals surface area contributed by atoms with Crippen LogP contribution in [-0.2, 0) is 6.54 Å². The fourth-order valence-electron chi connectivity index (χ4n) is 2.80. The van der Waals surface area contributed by atoms with Crippen molar-refractivity contribution in [2.45, 2.75) is 12.6 Å². The Kier molecular flexibility index (Phi) is 5.22. The minimum Gasteiger partial charge on any atom is -0.465 e. The lowest BCUT2D eigenvalue weighted by Crippen LogP contribution is -2.26. The van der Waals surface area contributed by atoms with E-state index in [1.165, 1.54) is 6.07 Å². The van der Waals surface area contributed by atoms with E-state index in [-0.39, 0.29) is 13.1 Å². The highest BCUT2D eigenvalue weighted by molar-refractivity contribution is 6.35. The van der Waals surface area contributed by atoms with Crippen LogP contribution in [0.5, 0.6) is 0 Å². The van der Waals surface area contributed by atoms with E-state index in [4.69, 9.17) is 34.0 Å². The SMILES string of the molecule is Nc1cccc2nc(C(O)c3ccc(Cl)cc3Cl)n(CCNC(=O)O)c12. The van der Waals surface area contributed by atoms with Crippen LogP contribution in [0.25, 0.3) is 11.0 Å². The third-order valence-corrected chi connectivity index (χ3v) is 4.50. The number of benzene rings is 2.